The zero-order valence-electron chi connectivity index (χ0n) is 7.38. The number of carbonyl (C=O) groups is 1. The first-order valence-electron chi connectivity index (χ1n) is 4.34. The van der Waals surface area contributed by atoms with E-state index in [0.29, 0.717) is 6.61 Å². The van der Waals surface area contributed by atoms with Crippen molar-refractivity contribution in [3.8, 4) is 0 Å². The molecule has 1 amide bonds. The lowest BCUT2D eigenvalue weighted by atomic mass is 10.1. The molecule has 3 nitrogen and oxygen atoms in total. The van der Waals surface area contributed by atoms with E-state index in [9.17, 15) is 4.79 Å². The molecule has 1 aliphatic rings. The van der Waals surface area contributed by atoms with E-state index < -0.39 is 0 Å². The molecule has 0 aromatic heterocycles. The molecule has 0 radical (unpaired) electrons. The van der Waals surface area contributed by atoms with Crippen LogP contribution in [0.1, 0.15) is 19.8 Å². The van der Waals surface area contributed by atoms with Crippen LogP contribution in [0, 0.1) is 0 Å². The second kappa shape index (κ2) is 4.93. The Kier molecular flexibility index (Phi) is 3.80. The van der Waals surface area contributed by atoms with E-state index in [1.165, 1.54) is 6.08 Å². The van der Waals surface area contributed by atoms with Gasteiger partial charge in [0.1, 0.15) is 0 Å². The summed E-state index contributed by atoms with van der Waals surface area (Å²) < 4.78 is 5.22. The van der Waals surface area contributed by atoms with Gasteiger partial charge in [-0.1, -0.05) is 6.08 Å². The highest BCUT2D eigenvalue weighted by atomic mass is 16.5. The van der Waals surface area contributed by atoms with E-state index in [0.717, 1.165) is 19.4 Å². The second-order valence-electron chi connectivity index (χ2n) is 2.92. The molecule has 3 heteroatoms. The monoisotopic (exact) mass is 169 g/mol. The molecule has 1 aliphatic heterocycles. The summed E-state index contributed by atoms with van der Waals surface area (Å²) in [5, 5.41) is 2.87. The number of hydrogen-bond acceptors (Lipinski definition) is 2. The molecule has 0 saturated carbocycles. The van der Waals surface area contributed by atoms with Crippen molar-refractivity contribution < 1.29 is 9.53 Å². The Hall–Kier alpha value is -0.830. The predicted octanol–water partition coefficient (Wildman–Crippen LogP) is 0.858. The third-order valence-corrected chi connectivity index (χ3v) is 1.82. The summed E-state index contributed by atoms with van der Waals surface area (Å²) in [7, 11) is 0. The van der Waals surface area contributed by atoms with Crippen LogP contribution >= 0.6 is 0 Å². The van der Waals surface area contributed by atoms with Crippen LogP contribution in [0.2, 0.25) is 0 Å². The van der Waals surface area contributed by atoms with Gasteiger partial charge in [-0.3, -0.25) is 4.79 Å². The van der Waals surface area contributed by atoms with E-state index in [1.807, 2.05) is 6.92 Å². The quantitative estimate of drug-likeness (QED) is 0.622. The zero-order chi connectivity index (χ0) is 8.81. The summed E-state index contributed by atoms with van der Waals surface area (Å²) in [5.74, 6) is -0.0204. The minimum Gasteiger partial charge on any atom is -0.379 e. The first-order valence-corrected chi connectivity index (χ1v) is 4.34. The van der Waals surface area contributed by atoms with Gasteiger partial charge < -0.3 is 10.1 Å². The molecule has 1 rings (SSSR count). The molecule has 68 valence electrons. The summed E-state index contributed by atoms with van der Waals surface area (Å²) in [6.45, 7) is 3.32. The van der Waals surface area contributed by atoms with Crippen molar-refractivity contribution >= 4 is 5.91 Å². The van der Waals surface area contributed by atoms with Crippen molar-refractivity contribution in [1.82, 2.24) is 5.32 Å². The Morgan fingerprint density at radius 1 is 1.67 bits per heavy atom. The Morgan fingerprint density at radius 2 is 2.50 bits per heavy atom. The van der Waals surface area contributed by atoms with Crippen LogP contribution in [0.3, 0.4) is 0 Å². The third kappa shape index (κ3) is 3.05. The summed E-state index contributed by atoms with van der Waals surface area (Å²) in [4.78, 5) is 11.1. The van der Waals surface area contributed by atoms with Gasteiger partial charge in [0.25, 0.3) is 0 Å². The van der Waals surface area contributed by atoms with Crippen LogP contribution in [-0.4, -0.2) is 25.2 Å². The molecule has 0 aromatic rings. The molecule has 0 aromatic carbocycles. The molecule has 1 heterocycles. The SMILES string of the molecule is CC=CC(=O)N[C@@H]1CCCOC1. The molecule has 1 saturated heterocycles. The highest BCUT2D eigenvalue weighted by Gasteiger charge is 2.14. The lowest BCUT2D eigenvalue weighted by molar-refractivity contribution is -0.118. The molecular formula is C9H15NO2. The normalized spacial score (nSPS) is 24.2. The third-order valence-electron chi connectivity index (χ3n) is 1.82. The van der Waals surface area contributed by atoms with Crippen LogP contribution in [0.25, 0.3) is 0 Å². The largest absolute Gasteiger partial charge is 0.379 e. The highest BCUT2D eigenvalue weighted by molar-refractivity contribution is 5.87. The molecule has 0 bridgehead atoms. The van der Waals surface area contributed by atoms with Gasteiger partial charge in [-0.25, -0.2) is 0 Å². The van der Waals surface area contributed by atoms with Crippen molar-refractivity contribution in [3.63, 3.8) is 0 Å². The van der Waals surface area contributed by atoms with Gasteiger partial charge in [-0.15, -0.1) is 0 Å². The van der Waals surface area contributed by atoms with Crippen molar-refractivity contribution in [1.29, 1.82) is 0 Å². The summed E-state index contributed by atoms with van der Waals surface area (Å²) in [6.07, 6.45) is 5.34. The van der Waals surface area contributed by atoms with Gasteiger partial charge in [-0.05, 0) is 25.8 Å². The average molecular weight is 169 g/mol. The number of ether oxygens (including phenoxy) is 1. The number of carbonyl (C=O) groups excluding carboxylic acids is 1. The summed E-state index contributed by atoms with van der Waals surface area (Å²) in [6, 6.07) is 0.211. The van der Waals surface area contributed by atoms with Crippen molar-refractivity contribution in [2.24, 2.45) is 0 Å². The smallest absolute Gasteiger partial charge is 0.243 e. The van der Waals surface area contributed by atoms with Crippen LogP contribution in [0.5, 0.6) is 0 Å². The molecule has 0 spiro atoms. The maximum absolute atomic E-state index is 11.1. The van der Waals surface area contributed by atoms with Crippen LogP contribution < -0.4 is 5.32 Å². The predicted molar refractivity (Wildman–Crippen MR) is 46.8 cm³/mol. The summed E-state index contributed by atoms with van der Waals surface area (Å²) >= 11 is 0. The molecule has 1 N–H and O–H groups in total. The Balaban J connectivity index is 2.24. The zero-order valence-corrected chi connectivity index (χ0v) is 7.38. The fraction of sp³-hybridized carbons (Fsp3) is 0.667. The number of rotatable bonds is 2. The van der Waals surface area contributed by atoms with Gasteiger partial charge >= 0.3 is 0 Å². The molecular weight excluding hydrogens is 154 g/mol. The maximum Gasteiger partial charge on any atom is 0.243 e. The van der Waals surface area contributed by atoms with E-state index in [-0.39, 0.29) is 11.9 Å². The molecule has 0 aliphatic carbocycles. The first kappa shape index (κ1) is 9.26. The topological polar surface area (TPSA) is 38.3 Å². The minimum atomic E-state index is -0.0204. The molecule has 0 unspecified atom stereocenters. The molecule has 12 heavy (non-hydrogen) atoms. The fourth-order valence-corrected chi connectivity index (χ4v) is 1.26. The van der Waals surface area contributed by atoms with E-state index >= 15 is 0 Å². The van der Waals surface area contributed by atoms with Crippen LogP contribution in [0.4, 0.5) is 0 Å². The fourth-order valence-electron chi connectivity index (χ4n) is 1.26. The minimum absolute atomic E-state index is 0.0204. The lowest BCUT2D eigenvalue weighted by Gasteiger charge is -2.22. The van der Waals surface area contributed by atoms with Gasteiger partial charge in [0.15, 0.2) is 0 Å². The standard InChI is InChI=1S/C9H15NO2/c1-2-4-9(11)10-8-5-3-6-12-7-8/h2,4,8H,3,5-7H2,1H3,(H,10,11)/t8-/m1/s1. The first-order chi connectivity index (χ1) is 5.83. The lowest BCUT2D eigenvalue weighted by Crippen LogP contribution is -2.39. The Morgan fingerprint density at radius 3 is 3.08 bits per heavy atom. The summed E-state index contributed by atoms with van der Waals surface area (Å²) in [5.41, 5.74) is 0. The van der Waals surface area contributed by atoms with Gasteiger partial charge in [-0.2, -0.15) is 0 Å². The van der Waals surface area contributed by atoms with Crippen LogP contribution in [0.15, 0.2) is 12.2 Å². The van der Waals surface area contributed by atoms with Crippen molar-refractivity contribution in [2.75, 3.05) is 13.2 Å². The van der Waals surface area contributed by atoms with Gasteiger partial charge in [0, 0.05) is 6.61 Å². The number of allylic oxidation sites excluding steroid dienone is 1. The van der Waals surface area contributed by atoms with Crippen molar-refractivity contribution in [3.05, 3.63) is 12.2 Å². The molecule has 1 atom stereocenters. The van der Waals surface area contributed by atoms with Gasteiger partial charge in [0.2, 0.25) is 5.91 Å². The van der Waals surface area contributed by atoms with E-state index in [4.69, 9.17) is 4.74 Å². The highest BCUT2D eigenvalue weighted by Crippen LogP contribution is 2.05. The number of hydrogen-bond donors (Lipinski definition) is 1. The van der Waals surface area contributed by atoms with Crippen molar-refractivity contribution in [2.45, 2.75) is 25.8 Å². The molecule has 1 fully saturated rings. The Labute approximate surface area is 72.8 Å². The number of amides is 1. The van der Waals surface area contributed by atoms with Crippen LogP contribution in [-0.2, 0) is 9.53 Å². The maximum atomic E-state index is 11.1. The Bertz CT molecular complexity index is 171. The van der Waals surface area contributed by atoms with E-state index in [1.54, 1.807) is 6.08 Å². The second-order valence-corrected chi connectivity index (χ2v) is 2.92. The van der Waals surface area contributed by atoms with Gasteiger partial charge in [0.05, 0.1) is 12.6 Å². The number of nitrogens with one attached hydrogen (secondary N) is 1. The average Bonchev–Trinajstić information content (AvgIpc) is 2.06. The van der Waals surface area contributed by atoms with E-state index in [2.05, 4.69) is 5.32 Å².